The van der Waals surface area contributed by atoms with Crippen molar-refractivity contribution < 1.29 is 27.4 Å². The van der Waals surface area contributed by atoms with Gasteiger partial charge in [-0.15, -0.1) is 13.2 Å². The largest absolute Gasteiger partial charge is 0.573 e. The van der Waals surface area contributed by atoms with Gasteiger partial charge >= 0.3 is 6.36 Å². The molecular formula is C14H12F3NO3. The van der Waals surface area contributed by atoms with Gasteiger partial charge in [-0.2, -0.15) is 5.26 Å². The molecule has 0 bridgehead atoms. The summed E-state index contributed by atoms with van der Waals surface area (Å²) in [6.45, 7) is 1.000. The summed E-state index contributed by atoms with van der Waals surface area (Å²) in [5, 5.41) is 9.42. The first-order chi connectivity index (χ1) is 9.87. The van der Waals surface area contributed by atoms with E-state index in [1.165, 1.54) is 24.3 Å². The Morgan fingerprint density at radius 2 is 1.67 bits per heavy atom. The van der Waals surface area contributed by atoms with E-state index in [0.29, 0.717) is 31.6 Å². The van der Waals surface area contributed by atoms with Crippen molar-refractivity contribution in [2.75, 3.05) is 13.2 Å². The van der Waals surface area contributed by atoms with Crippen molar-refractivity contribution in [3.05, 3.63) is 29.8 Å². The molecule has 2 aliphatic rings. The van der Waals surface area contributed by atoms with Gasteiger partial charge in [0.25, 0.3) is 0 Å². The van der Waals surface area contributed by atoms with Gasteiger partial charge in [-0.05, 0) is 17.7 Å². The molecule has 1 aliphatic heterocycles. The van der Waals surface area contributed by atoms with Gasteiger partial charge in [0, 0.05) is 12.8 Å². The molecule has 7 heteroatoms. The van der Waals surface area contributed by atoms with Crippen LogP contribution >= 0.6 is 0 Å². The van der Waals surface area contributed by atoms with E-state index in [4.69, 9.17) is 9.47 Å². The summed E-state index contributed by atoms with van der Waals surface area (Å²) in [6.07, 6.45) is -3.95. The molecule has 0 unspecified atom stereocenters. The summed E-state index contributed by atoms with van der Waals surface area (Å²) in [6, 6.07) is 7.61. The van der Waals surface area contributed by atoms with Gasteiger partial charge in [-0.25, -0.2) is 0 Å². The normalized spacial score (nSPS) is 22.6. The minimum atomic E-state index is -4.72. The number of nitriles is 1. The van der Waals surface area contributed by atoms with Crippen LogP contribution in [0.4, 0.5) is 13.2 Å². The lowest BCUT2D eigenvalue weighted by Crippen LogP contribution is -2.54. The third-order valence-corrected chi connectivity index (χ3v) is 3.81. The van der Waals surface area contributed by atoms with E-state index >= 15 is 0 Å². The van der Waals surface area contributed by atoms with Gasteiger partial charge in [-0.1, -0.05) is 12.1 Å². The van der Waals surface area contributed by atoms with Crippen LogP contribution in [0.5, 0.6) is 5.75 Å². The van der Waals surface area contributed by atoms with E-state index < -0.39 is 17.6 Å². The Kier molecular flexibility index (Phi) is 3.11. The minimum absolute atomic E-state index is 0.304. The van der Waals surface area contributed by atoms with E-state index in [1.807, 2.05) is 0 Å². The van der Waals surface area contributed by atoms with Crippen molar-refractivity contribution in [3.8, 4) is 11.8 Å². The molecule has 2 fully saturated rings. The second kappa shape index (κ2) is 4.61. The summed E-state index contributed by atoms with van der Waals surface area (Å²) in [4.78, 5) is 0. The molecule has 1 aliphatic carbocycles. The number of nitrogens with zero attached hydrogens (tertiary/aromatic N) is 1. The Morgan fingerprint density at radius 3 is 2.14 bits per heavy atom. The standard InChI is InChI=1S/C14H12F3NO3/c15-14(16,17)21-11-3-1-10(2-4-11)12(9-18)7-13(8-12)19-5-6-20-13/h1-4H,5-8H2. The first kappa shape index (κ1) is 14.2. The van der Waals surface area contributed by atoms with Crippen molar-refractivity contribution in [2.24, 2.45) is 0 Å². The van der Waals surface area contributed by atoms with E-state index in [1.54, 1.807) is 0 Å². The molecule has 0 N–H and O–H groups in total. The van der Waals surface area contributed by atoms with Crippen molar-refractivity contribution in [3.63, 3.8) is 0 Å². The number of benzene rings is 1. The molecule has 0 radical (unpaired) electrons. The molecule has 1 aromatic carbocycles. The van der Waals surface area contributed by atoms with Crippen molar-refractivity contribution in [1.29, 1.82) is 5.26 Å². The van der Waals surface area contributed by atoms with E-state index in [0.717, 1.165) is 0 Å². The SMILES string of the molecule is N#CC1(c2ccc(OC(F)(F)F)cc2)CC2(C1)OCCO2. The average molecular weight is 299 g/mol. The van der Waals surface area contributed by atoms with Crippen LogP contribution in [-0.4, -0.2) is 25.4 Å². The molecule has 3 rings (SSSR count). The molecule has 1 saturated heterocycles. The first-order valence-electron chi connectivity index (χ1n) is 6.42. The number of hydrogen-bond donors (Lipinski definition) is 0. The highest BCUT2D eigenvalue weighted by Crippen LogP contribution is 2.54. The van der Waals surface area contributed by atoms with Crippen molar-refractivity contribution in [2.45, 2.75) is 30.4 Å². The van der Waals surface area contributed by atoms with Crippen LogP contribution in [0.15, 0.2) is 24.3 Å². The molecule has 1 spiro atoms. The Bertz CT molecular complexity index is 563. The maximum Gasteiger partial charge on any atom is 0.573 e. The van der Waals surface area contributed by atoms with Crippen LogP contribution in [-0.2, 0) is 14.9 Å². The molecule has 1 aromatic rings. The smallest absolute Gasteiger partial charge is 0.406 e. The highest BCUT2D eigenvalue weighted by molar-refractivity contribution is 5.40. The van der Waals surface area contributed by atoms with Crippen molar-refractivity contribution >= 4 is 0 Å². The molecule has 0 amide bonds. The van der Waals surface area contributed by atoms with Crippen LogP contribution in [0.2, 0.25) is 0 Å². The average Bonchev–Trinajstić information content (AvgIpc) is 2.84. The van der Waals surface area contributed by atoms with E-state index in [2.05, 4.69) is 10.8 Å². The zero-order chi connectivity index (χ0) is 15.1. The van der Waals surface area contributed by atoms with Gasteiger partial charge in [0.1, 0.15) is 5.75 Å². The number of hydrogen-bond acceptors (Lipinski definition) is 4. The monoisotopic (exact) mass is 299 g/mol. The zero-order valence-corrected chi connectivity index (χ0v) is 10.9. The summed E-state index contributed by atoms with van der Waals surface area (Å²) >= 11 is 0. The molecule has 112 valence electrons. The second-order valence-electron chi connectivity index (χ2n) is 5.23. The fraction of sp³-hybridized carbons (Fsp3) is 0.500. The number of rotatable bonds is 2. The minimum Gasteiger partial charge on any atom is -0.406 e. The second-order valence-corrected chi connectivity index (χ2v) is 5.23. The Balaban J connectivity index is 1.76. The third-order valence-electron chi connectivity index (χ3n) is 3.81. The molecule has 21 heavy (non-hydrogen) atoms. The summed E-state index contributed by atoms with van der Waals surface area (Å²) in [7, 11) is 0. The highest BCUT2D eigenvalue weighted by Gasteiger charge is 2.59. The van der Waals surface area contributed by atoms with Gasteiger partial charge in [-0.3, -0.25) is 0 Å². The topological polar surface area (TPSA) is 51.5 Å². The lowest BCUT2D eigenvalue weighted by molar-refractivity contribution is -0.274. The first-order valence-corrected chi connectivity index (χ1v) is 6.42. The highest BCUT2D eigenvalue weighted by atomic mass is 19.4. The fourth-order valence-corrected chi connectivity index (χ4v) is 2.89. The van der Waals surface area contributed by atoms with Crippen LogP contribution in [0.1, 0.15) is 18.4 Å². The van der Waals surface area contributed by atoms with Gasteiger partial charge < -0.3 is 14.2 Å². The van der Waals surface area contributed by atoms with Crippen molar-refractivity contribution in [1.82, 2.24) is 0 Å². The molecule has 1 heterocycles. The van der Waals surface area contributed by atoms with Gasteiger partial charge in [0.2, 0.25) is 0 Å². The number of ether oxygens (including phenoxy) is 3. The van der Waals surface area contributed by atoms with Gasteiger partial charge in [0.15, 0.2) is 5.79 Å². The Hall–Kier alpha value is -1.78. The summed E-state index contributed by atoms with van der Waals surface area (Å²) in [5.41, 5.74) is -0.134. The van der Waals surface area contributed by atoms with Crippen LogP contribution in [0.25, 0.3) is 0 Å². The van der Waals surface area contributed by atoms with Crippen LogP contribution < -0.4 is 4.74 Å². The van der Waals surface area contributed by atoms with Crippen LogP contribution in [0.3, 0.4) is 0 Å². The number of halogens is 3. The van der Waals surface area contributed by atoms with E-state index in [9.17, 15) is 18.4 Å². The molecule has 0 aromatic heterocycles. The molecule has 1 saturated carbocycles. The zero-order valence-electron chi connectivity index (χ0n) is 10.9. The predicted molar refractivity (Wildman–Crippen MR) is 64.3 cm³/mol. The van der Waals surface area contributed by atoms with E-state index in [-0.39, 0.29) is 5.75 Å². The molecule has 0 atom stereocenters. The van der Waals surface area contributed by atoms with Crippen LogP contribution in [0, 0.1) is 11.3 Å². The Labute approximate surface area is 119 Å². The maximum absolute atomic E-state index is 12.1. The lowest BCUT2D eigenvalue weighted by atomic mass is 9.61. The summed E-state index contributed by atoms with van der Waals surface area (Å²) in [5.74, 6) is -1.00. The summed E-state index contributed by atoms with van der Waals surface area (Å²) < 4.78 is 51.1. The lowest BCUT2D eigenvalue weighted by Gasteiger charge is -2.48. The van der Waals surface area contributed by atoms with Gasteiger partial charge in [0.05, 0.1) is 24.7 Å². The third kappa shape index (κ3) is 2.57. The fourth-order valence-electron chi connectivity index (χ4n) is 2.89. The molecular weight excluding hydrogens is 287 g/mol. The molecule has 4 nitrogen and oxygen atoms in total. The quantitative estimate of drug-likeness (QED) is 0.842. The Morgan fingerprint density at radius 1 is 1.10 bits per heavy atom. The number of alkyl halides is 3. The predicted octanol–water partition coefficient (Wildman–Crippen LogP) is 2.88. The maximum atomic E-state index is 12.1.